The summed E-state index contributed by atoms with van der Waals surface area (Å²) in [6.07, 6.45) is 0.985. The summed E-state index contributed by atoms with van der Waals surface area (Å²) >= 11 is 0. The van der Waals surface area contributed by atoms with Crippen LogP contribution in [0.3, 0.4) is 0 Å². The van der Waals surface area contributed by atoms with Crippen molar-refractivity contribution in [3.8, 4) is 0 Å². The molecule has 0 spiro atoms. The van der Waals surface area contributed by atoms with Gasteiger partial charge in [-0.15, -0.1) is 24.8 Å². The largest absolute Gasteiger partial charge is 0.340 e. The Morgan fingerprint density at radius 2 is 1.63 bits per heavy atom. The minimum atomic E-state index is -0.568. The number of aryl methyl sites for hydroxylation is 1. The van der Waals surface area contributed by atoms with Gasteiger partial charge in [-0.1, -0.05) is 60.2 Å². The van der Waals surface area contributed by atoms with E-state index in [9.17, 15) is 4.79 Å². The number of hydrogen-bond acceptors (Lipinski definition) is 3. The standard InChI is InChI=1S/C21H27N3O.2ClH/c1-17-8-10-19(11-9-17)20(22)21(25)24-13-5-12-23(14-15-24)16-18-6-3-2-4-7-18;;/h2-4,6-11,20H,5,12-16,22H2,1H3;2*1H. The van der Waals surface area contributed by atoms with Crippen LogP contribution in [0.5, 0.6) is 0 Å². The normalized spacial score (nSPS) is 15.9. The van der Waals surface area contributed by atoms with Crippen LogP contribution in [0.25, 0.3) is 0 Å². The minimum Gasteiger partial charge on any atom is -0.340 e. The minimum absolute atomic E-state index is 0. The van der Waals surface area contributed by atoms with Crippen LogP contribution >= 0.6 is 24.8 Å². The molecule has 3 rings (SSSR count). The van der Waals surface area contributed by atoms with Gasteiger partial charge in [0.05, 0.1) is 0 Å². The second kappa shape index (κ2) is 11.3. The van der Waals surface area contributed by atoms with E-state index in [1.165, 1.54) is 11.1 Å². The lowest BCUT2D eigenvalue weighted by Gasteiger charge is -2.25. The second-order valence-electron chi connectivity index (χ2n) is 6.83. The topological polar surface area (TPSA) is 49.6 Å². The lowest BCUT2D eigenvalue weighted by Crippen LogP contribution is -2.40. The molecule has 0 bridgehead atoms. The van der Waals surface area contributed by atoms with Crippen LogP contribution in [-0.2, 0) is 11.3 Å². The van der Waals surface area contributed by atoms with Gasteiger partial charge in [0.2, 0.25) is 5.91 Å². The number of nitrogens with two attached hydrogens (primary N) is 1. The highest BCUT2D eigenvalue weighted by Gasteiger charge is 2.24. The van der Waals surface area contributed by atoms with Crippen molar-refractivity contribution in [1.82, 2.24) is 9.80 Å². The van der Waals surface area contributed by atoms with Gasteiger partial charge in [0, 0.05) is 32.7 Å². The second-order valence-corrected chi connectivity index (χ2v) is 6.83. The zero-order valence-electron chi connectivity index (χ0n) is 15.7. The molecule has 1 aliphatic heterocycles. The molecule has 1 unspecified atom stereocenters. The molecule has 1 saturated heterocycles. The summed E-state index contributed by atoms with van der Waals surface area (Å²) < 4.78 is 0. The Balaban J connectivity index is 0.00000182. The highest BCUT2D eigenvalue weighted by Crippen LogP contribution is 2.16. The molecule has 1 fully saturated rings. The number of rotatable bonds is 4. The van der Waals surface area contributed by atoms with Gasteiger partial charge in [-0.2, -0.15) is 0 Å². The first-order valence-electron chi connectivity index (χ1n) is 9.01. The molecular weight excluding hydrogens is 381 g/mol. The van der Waals surface area contributed by atoms with Gasteiger partial charge in [-0.25, -0.2) is 0 Å². The molecule has 2 N–H and O–H groups in total. The molecule has 2 aromatic rings. The molecule has 0 aliphatic carbocycles. The van der Waals surface area contributed by atoms with Crippen LogP contribution in [0.2, 0.25) is 0 Å². The van der Waals surface area contributed by atoms with E-state index in [0.29, 0.717) is 0 Å². The number of nitrogens with zero attached hydrogens (tertiary/aromatic N) is 2. The summed E-state index contributed by atoms with van der Waals surface area (Å²) in [4.78, 5) is 17.1. The fraction of sp³-hybridized carbons (Fsp3) is 0.381. The summed E-state index contributed by atoms with van der Waals surface area (Å²) in [6, 6.07) is 17.9. The monoisotopic (exact) mass is 409 g/mol. The van der Waals surface area contributed by atoms with E-state index in [0.717, 1.165) is 44.7 Å². The van der Waals surface area contributed by atoms with Crippen LogP contribution in [0.1, 0.15) is 29.2 Å². The van der Waals surface area contributed by atoms with E-state index in [4.69, 9.17) is 5.73 Å². The molecule has 1 amide bonds. The first-order valence-corrected chi connectivity index (χ1v) is 9.01. The smallest absolute Gasteiger partial charge is 0.244 e. The lowest BCUT2D eigenvalue weighted by molar-refractivity contribution is -0.132. The molecule has 0 aromatic heterocycles. The third kappa shape index (κ3) is 6.51. The number of carbonyl (C=O) groups is 1. The van der Waals surface area contributed by atoms with E-state index in [1.807, 2.05) is 42.2 Å². The maximum Gasteiger partial charge on any atom is 0.244 e. The van der Waals surface area contributed by atoms with Crippen molar-refractivity contribution in [2.45, 2.75) is 25.9 Å². The van der Waals surface area contributed by atoms with Gasteiger partial charge in [-0.05, 0) is 24.5 Å². The van der Waals surface area contributed by atoms with Crippen molar-refractivity contribution in [2.75, 3.05) is 26.2 Å². The number of benzene rings is 2. The van der Waals surface area contributed by atoms with Gasteiger partial charge in [0.15, 0.2) is 0 Å². The van der Waals surface area contributed by atoms with Crippen LogP contribution in [-0.4, -0.2) is 41.9 Å². The van der Waals surface area contributed by atoms with Crippen LogP contribution in [0, 0.1) is 6.92 Å². The van der Waals surface area contributed by atoms with Crippen LogP contribution < -0.4 is 5.73 Å². The first kappa shape index (κ1) is 23.4. The van der Waals surface area contributed by atoms with Crippen molar-refractivity contribution < 1.29 is 4.79 Å². The van der Waals surface area contributed by atoms with Crippen LogP contribution in [0.15, 0.2) is 54.6 Å². The zero-order chi connectivity index (χ0) is 17.6. The molecule has 4 nitrogen and oxygen atoms in total. The summed E-state index contributed by atoms with van der Waals surface area (Å²) in [6.45, 7) is 6.40. The Hall–Kier alpha value is -1.59. The third-order valence-electron chi connectivity index (χ3n) is 4.85. The molecule has 6 heteroatoms. The summed E-state index contributed by atoms with van der Waals surface area (Å²) in [7, 11) is 0. The maximum absolute atomic E-state index is 12.8. The Morgan fingerprint density at radius 3 is 2.30 bits per heavy atom. The zero-order valence-corrected chi connectivity index (χ0v) is 17.3. The fourth-order valence-electron chi connectivity index (χ4n) is 3.30. The molecule has 0 saturated carbocycles. The van der Waals surface area contributed by atoms with Crippen molar-refractivity contribution in [2.24, 2.45) is 5.73 Å². The van der Waals surface area contributed by atoms with Gasteiger partial charge < -0.3 is 10.6 Å². The highest BCUT2D eigenvalue weighted by atomic mass is 35.5. The SMILES string of the molecule is Cc1ccc(C(N)C(=O)N2CCCN(Cc3ccccc3)CC2)cc1.Cl.Cl. The number of amides is 1. The fourth-order valence-corrected chi connectivity index (χ4v) is 3.30. The van der Waals surface area contributed by atoms with Gasteiger partial charge in [0.25, 0.3) is 0 Å². The predicted octanol–water partition coefficient (Wildman–Crippen LogP) is 3.57. The molecule has 148 valence electrons. The Morgan fingerprint density at radius 1 is 0.963 bits per heavy atom. The van der Waals surface area contributed by atoms with Gasteiger partial charge in [-0.3, -0.25) is 9.69 Å². The molecule has 1 aliphatic rings. The molecule has 1 atom stereocenters. The molecule has 1 heterocycles. The van der Waals surface area contributed by atoms with E-state index in [1.54, 1.807) is 0 Å². The van der Waals surface area contributed by atoms with Crippen molar-refractivity contribution in [3.63, 3.8) is 0 Å². The van der Waals surface area contributed by atoms with E-state index >= 15 is 0 Å². The summed E-state index contributed by atoms with van der Waals surface area (Å²) in [5.74, 6) is 0.0328. The van der Waals surface area contributed by atoms with E-state index in [2.05, 4.69) is 29.2 Å². The number of halogens is 2. The third-order valence-corrected chi connectivity index (χ3v) is 4.85. The van der Waals surface area contributed by atoms with Crippen molar-refractivity contribution in [3.05, 3.63) is 71.3 Å². The van der Waals surface area contributed by atoms with E-state index in [-0.39, 0.29) is 30.7 Å². The Kier molecular flexibility index (Phi) is 9.81. The predicted molar refractivity (Wildman–Crippen MR) is 116 cm³/mol. The molecular formula is C21H29Cl2N3O. The molecule has 27 heavy (non-hydrogen) atoms. The van der Waals surface area contributed by atoms with Crippen LogP contribution in [0.4, 0.5) is 0 Å². The van der Waals surface area contributed by atoms with Gasteiger partial charge >= 0.3 is 0 Å². The molecule has 2 aromatic carbocycles. The molecule has 0 radical (unpaired) electrons. The highest BCUT2D eigenvalue weighted by molar-refractivity contribution is 5.85. The Bertz CT molecular complexity index is 694. The average Bonchev–Trinajstić information content (AvgIpc) is 2.88. The lowest BCUT2D eigenvalue weighted by atomic mass is 10.0. The quantitative estimate of drug-likeness (QED) is 0.839. The number of carbonyl (C=O) groups excluding carboxylic acids is 1. The van der Waals surface area contributed by atoms with Gasteiger partial charge in [0.1, 0.15) is 6.04 Å². The van der Waals surface area contributed by atoms with Crippen molar-refractivity contribution in [1.29, 1.82) is 0 Å². The first-order chi connectivity index (χ1) is 12.1. The van der Waals surface area contributed by atoms with Crippen molar-refractivity contribution >= 4 is 30.7 Å². The maximum atomic E-state index is 12.8. The Labute approximate surface area is 174 Å². The summed E-state index contributed by atoms with van der Waals surface area (Å²) in [5.41, 5.74) is 9.61. The summed E-state index contributed by atoms with van der Waals surface area (Å²) in [5, 5.41) is 0. The average molecular weight is 410 g/mol. The van der Waals surface area contributed by atoms with E-state index < -0.39 is 6.04 Å². The number of hydrogen-bond donors (Lipinski definition) is 1.